The van der Waals surface area contributed by atoms with Crippen molar-refractivity contribution in [2.24, 2.45) is 4.99 Å². The van der Waals surface area contributed by atoms with Gasteiger partial charge in [0.1, 0.15) is 12.1 Å². The standard InChI is InChI=1S/C18H29N3O2.HI/c1-7-19-17(21-12-16(22)23-18(4,5)6)20-11-15-9-8-13(2)10-14(15)3;/h8-10H,7,11-12H2,1-6H3,(H2,19,20,21);1H. The smallest absolute Gasteiger partial charge is 0.325 e. The fourth-order valence-electron chi connectivity index (χ4n) is 2.06. The van der Waals surface area contributed by atoms with Crippen LogP contribution in [-0.4, -0.2) is 30.6 Å². The van der Waals surface area contributed by atoms with E-state index in [-0.39, 0.29) is 36.5 Å². The predicted octanol–water partition coefficient (Wildman–Crippen LogP) is 3.32. The average Bonchev–Trinajstić information content (AvgIpc) is 2.41. The van der Waals surface area contributed by atoms with Crippen LogP contribution in [0.25, 0.3) is 0 Å². The van der Waals surface area contributed by atoms with E-state index in [0.29, 0.717) is 12.5 Å². The zero-order valence-corrected chi connectivity index (χ0v) is 17.9. The van der Waals surface area contributed by atoms with E-state index in [2.05, 4.69) is 47.7 Å². The molecule has 0 atom stereocenters. The molecular formula is C18H30IN3O2. The van der Waals surface area contributed by atoms with E-state index in [9.17, 15) is 4.79 Å². The van der Waals surface area contributed by atoms with Crippen molar-refractivity contribution in [2.75, 3.05) is 13.1 Å². The fraction of sp³-hybridized carbons (Fsp3) is 0.556. The quantitative estimate of drug-likeness (QED) is 0.315. The Labute approximate surface area is 162 Å². The van der Waals surface area contributed by atoms with Gasteiger partial charge >= 0.3 is 5.97 Å². The van der Waals surface area contributed by atoms with Gasteiger partial charge in [-0.3, -0.25) is 4.79 Å². The molecule has 0 saturated heterocycles. The number of guanidine groups is 1. The summed E-state index contributed by atoms with van der Waals surface area (Å²) in [6.45, 7) is 13.1. The third-order valence-corrected chi connectivity index (χ3v) is 3.07. The summed E-state index contributed by atoms with van der Waals surface area (Å²) >= 11 is 0. The maximum Gasteiger partial charge on any atom is 0.325 e. The van der Waals surface area contributed by atoms with Gasteiger partial charge in [-0.05, 0) is 52.7 Å². The van der Waals surface area contributed by atoms with Crippen LogP contribution in [0.3, 0.4) is 0 Å². The third kappa shape index (κ3) is 9.10. The first-order valence-electron chi connectivity index (χ1n) is 8.01. The number of nitrogens with zero attached hydrogens (tertiary/aromatic N) is 1. The van der Waals surface area contributed by atoms with Gasteiger partial charge in [-0.25, -0.2) is 4.99 Å². The summed E-state index contributed by atoms with van der Waals surface area (Å²) in [5.74, 6) is 0.313. The first kappa shape index (κ1) is 22.7. The summed E-state index contributed by atoms with van der Waals surface area (Å²) in [7, 11) is 0. The molecule has 1 aromatic rings. The summed E-state index contributed by atoms with van der Waals surface area (Å²) in [5.41, 5.74) is 3.15. The van der Waals surface area contributed by atoms with E-state index >= 15 is 0 Å². The molecule has 0 aliphatic carbocycles. The second-order valence-corrected chi connectivity index (χ2v) is 6.57. The number of carbonyl (C=O) groups is 1. The van der Waals surface area contributed by atoms with Crippen LogP contribution in [0.4, 0.5) is 0 Å². The number of carbonyl (C=O) groups excluding carboxylic acids is 1. The molecule has 0 heterocycles. The molecule has 0 spiro atoms. The first-order chi connectivity index (χ1) is 10.7. The van der Waals surface area contributed by atoms with Crippen molar-refractivity contribution in [3.63, 3.8) is 0 Å². The van der Waals surface area contributed by atoms with Gasteiger partial charge in [0.2, 0.25) is 0 Å². The van der Waals surface area contributed by atoms with Crippen LogP contribution in [0.15, 0.2) is 23.2 Å². The SMILES string of the molecule is CCNC(=NCc1ccc(C)cc1C)NCC(=O)OC(C)(C)C.I. The molecule has 0 radical (unpaired) electrons. The fourth-order valence-corrected chi connectivity index (χ4v) is 2.06. The van der Waals surface area contributed by atoms with Gasteiger partial charge in [0.15, 0.2) is 5.96 Å². The lowest BCUT2D eigenvalue weighted by molar-refractivity contribution is -0.153. The number of rotatable bonds is 5. The molecule has 0 unspecified atom stereocenters. The maximum atomic E-state index is 11.8. The van der Waals surface area contributed by atoms with Crippen molar-refractivity contribution in [2.45, 2.75) is 53.7 Å². The second kappa shape index (κ2) is 10.5. The Balaban J connectivity index is 0.00000529. The molecule has 0 amide bonds. The monoisotopic (exact) mass is 447 g/mol. The largest absolute Gasteiger partial charge is 0.459 e. The number of aliphatic imine (C=N–C) groups is 1. The molecule has 1 aromatic carbocycles. The van der Waals surface area contributed by atoms with Gasteiger partial charge in [0, 0.05) is 6.54 Å². The number of ether oxygens (including phenoxy) is 1. The minimum atomic E-state index is -0.479. The molecule has 0 fully saturated rings. The highest BCUT2D eigenvalue weighted by molar-refractivity contribution is 14.0. The Morgan fingerprint density at radius 3 is 2.42 bits per heavy atom. The van der Waals surface area contributed by atoms with Crippen LogP contribution in [0.2, 0.25) is 0 Å². The molecule has 0 aliphatic rings. The number of nitrogens with one attached hydrogen (secondary N) is 2. The number of aryl methyl sites for hydroxylation is 2. The number of benzene rings is 1. The molecule has 6 heteroatoms. The molecule has 0 saturated carbocycles. The Kier molecular flexibility index (Phi) is 9.96. The lowest BCUT2D eigenvalue weighted by Gasteiger charge is -2.20. The first-order valence-corrected chi connectivity index (χ1v) is 8.01. The molecule has 0 bridgehead atoms. The van der Waals surface area contributed by atoms with Crippen molar-refractivity contribution in [3.05, 3.63) is 34.9 Å². The van der Waals surface area contributed by atoms with E-state index in [1.54, 1.807) is 0 Å². The lowest BCUT2D eigenvalue weighted by atomic mass is 10.1. The van der Waals surface area contributed by atoms with Crippen LogP contribution in [0.5, 0.6) is 0 Å². The molecular weight excluding hydrogens is 417 g/mol. The van der Waals surface area contributed by atoms with Gasteiger partial charge < -0.3 is 15.4 Å². The van der Waals surface area contributed by atoms with E-state index in [1.165, 1.54) is 16.7 Å². The summed E-state index contributed by atoms with van der Waals surface area (Å²) in [6, 6.07) is 6.32. The number of hydrogen-bond donors (Lipinski definition) is 2. The Morgan fingerprint density at radius 2 is 1.88 bits per heavy atom. The molecule has 5 nitrogen and oxygen atoms in total. The van der Waals surface area contributed by atoms with Crippen molar-refractivity contribution in [1.29, 1.82) is 0 Å². The summed E-state index contributed by atoms with van der Waals surface area (Å²) < 4.78 is 5.28. The summed E-state index contributed by atoms with van der Waals surface area (Å²) in [6.07, 6.45) is 0. The number of halogens is 1. The van der Waals surface area contributed by atoms with E-state index in [0.717, 1.165) is 6.54 Å². The average molecular weight is 447 g/mol. The zero-order valence-electron chi connectivity index (χ0n) is 15.5. The predicted molar refractivity (Wildman–Crippen MR) is 110 cm³/mol. The van der Waals surface area contributed by atoms with Crippen LogP contribution in [-0.2, 0) is 16.1 Å². The third-order valence-electron chi connectivity index (χ3n) is 3.07. The highest BCUT2D eigenvalue weighted by atomic mass is 127. The van der Waals surface area contributed by atoms with Crippen LogP contribution < -0.4 is 10.6 Å². The molecule has 0 aromatic heterocycles. The highest BCUT2D eigenvalue weighted by Gasteiger charge is 2.16. The highest BCUT2D eigenvalue weighted by Crippen LogP contribution is 2.11. The van der Waals surface area contributed by atoms with Crippen molar-refractivity contribution in [3.8, 4) is 0 Å². The van der Waals surface area contributed by atoms with E-state index in [1.807, 2.05) is 27.7 Å². The van der Waals surface area contributed by atoms with Crippen LogP contribution in [0.1, 0.15) is 44.4 Å². The molecule has 0 aliphatic heterocycles. The lowest BCUT2D eigenvalue weighted by Crippen LogP contribution is -2.41. The molecule has 24 heavy (non-hydrogen) atoms. The normalized spacial score (nSPS) is 11.5. The maximum absolute atomic E-state index is 11.8. The van der Waals surface area contributed by atoms with Crippen molar-refractivity contribution < 1.29 is 9.53 Å². The van der Waals surface area contributed by atoms with Crippen molar-refractivity contribution in [1.82, 2.24) is 10.6 Å². The van der Waals surface area contributed by atoms with Gasteiger partial charge in [0.25, 0.3) is 0 Å². The topological polar surface area (TPSA) is 62.7 Å². The molecule has 1 rings (SSSR count). The van der Waals surface area contributed by atoms with Crippen LogP contribution in [0, 0.1) is 13.8 Å². The van der Waals surface area contributed by atoms with Crippen LogP contribution >= 0.6 is 24.0 Å². The number of hydrogen-bond acceptors (Lipinski definition) is 3. The number of esters is 1. The molecule has 136 valence electrons. The van der Waals surface area contributed by atoms with Crippen molar-refractivity contribution >= 4 is 35.9 Å². The Bertz CT molecular complexity index is 566. The minimum absolute atomic E-state index is 0. The van der Waals surface area contributed by atoms with E-state index in [4.69, 9.17) is 4.74 Å². The second-order valence-electron chi connectivity index (χ2n) is 6.57. The molecule has 2 N–H and O–H groups in total. The summed E-state index contributed by atoms with van der Waals surface area (Å²) in [5, 5.41) is 6.14. The minimum Gasteiger partial charge on any atom is -0.459 e. The van der Waals surface area contributed by atoms with Gasteiger partial charge in [-0.15, -0.1) is 24.0 Å². The van der Waals surface area contributed by atoms with E-state index < -0.39 is 5.60 Å². The Morgan fingerprint density at radius 1 is 1.21 bits per heavy atom. The van der Waals surface area contributed by atoms with Gasteiger partial charge in [-0.2, -0.15) is 0 Å². The van der Waals surface area contributed by atoms with Gasteiger partial charge in [0.05, 0.1) is 6.54 Å². The van der Waals surface area contributed by atoms with Gasteiger partial charge in [-0.1, -0.05) is 23.8 Å². The summed E-state index contributed by atoms with van der Waals surface area (Å²) in [4.78, 5) is 16.3. The zero-order chi connectivity index (χ0) is 17.5. The Hall–Kier alpha value is -1.31.